The molecule has 1 heterocycles. The minimum absolute atomic E-state index is 0.0193. The second kappa shape index (κ2) is 5.94. The fourth-order valence-corrected chi connectivity index (χ4v) is 2.26. The predicted octanol–water partition coefficient (Wildman–Crippen LogP) is 2.32. The standard InChI is InChI=1S/C16H14N4O/c1-2-3-10-4-6-11(7-5-10)14-12(8-17)15(19)20-16(21)13(14)9-18/h4-7H,2-3H2,1H3,(H3,19,20,21). The number of nitrogens with one attached hydrogen (secondary N) is 1. The fourth-order valence-electron chi connectivity index (χ4n) is 2.26. The van der Waals surface area contributed by atoms with Gasteiger partial charge in [-0.05, 0) is 17.5 Å². The van der Waals surface area contributed by atoms with Crippen LogP contribution in [0, 0.1) is 22.7 Å². The molecular formula is C16H14N4O. The summed E-state index contributed by atoms with van der Waals surface area (Å²) in [4.78, 5) is 14.2. The van der Waals surface area contributed by atoms with Crippen LogP contribution in [-0.4, -0.2) is 4.98 Å². The number of pyridine rings is 1. The Kier molecular flexibility index (Phi) is 4.06. The van der Waals surface area contributed by atoms with Gasteiger partial charge >= 0.3 is 0 Å². The van der Waals surface area contributed by atoms with Crippen molar-refractivity contribution in [3.05, 3.63) is 51.3 Å². The van der Waals surface area contributed by atoms with E-state index in [1.807, 2.05) is 24.3 Å². The molecule has 2 rings (SSSR count). The molecule has 1 aromatic carbocycles. The molecule has 0 amide bonds. The maximum atomic E-state index is 11.8. The Balaban J connectivity index is 2.71. The number of H-pyrrole nitrogens is 1. The average Bonchev–Trinajstić information content (AvgIpc) is 2.48. The van der Waals surface area contributed by atoms with Crippen molar-refractivity contribution in [3.63, 3.8) is 0 Å². The third kappa shape index (κ3) is 2.63. The Hall–Kier alpha value is -3.05. The first-order valence-electron chi connectivity index (χ1n) is 6.57. The number of aromatic amines is 1. The first-order chi connectivity index (χ1) is 10.1. The van der Waals surface area contributed by atoms with Crippen molar-refractivity contribution < 1.29 is 0 Å². The molecule has 0 fully saturated rings. The van der Waals surface area contributed by atoms with Crippen molar-refractivity contribution in [1.82, 2.24) is 4.98 Å². The Labute approximate surface area is 122 Å². The Morgan fingerprint density at radius 3 is 2.29 bits per heavy atom. The summed E-state index contributed by atoms with van der Waals surface area (Å²) < 4.78 is 0. The van der Waals surface area contributed by atoms with Crippen LogP contribution in [0.1, 0.15) is 30.0 Å². The minimum Gasteiger partial charge on any atom is -0.384 e. The van der Waals surface area contributed by atoms with Gasteiger partial charge in [0.2, 0.25) is 0 Å². The monoisotopic (exact) mass is 278 g/mol. The van der Waals surface area contributed by atoms with E-state index in [1.165, 1.54) is 0 Å². The van der Waals surface area contributed by atoms with Crippen LogP contribution < -0.4 is 11.3 Å². The van der Waals surface area contributed by atoms with Crippen molar-refractivity contribution in [3.8, 4) is 23.3 Å². The lowest BCUT2D eigenvalue weighted by Gasteiger charge is -2.09. The third-order valence-electron chi connectivity index (χ3n) is 3.25. The van der Waals surface area contributed by atoms with Gasteiger partial charge in [-0.15, -0.1) is 0 Å². The fraction of sp³-hybridized carbons (Fsp3) is 0.188. The largest absolute Gasteiger partial charge is 0.384 e. The lowest BCUT2D eigenvalue weighted by atomic mass is 9.95. The van der Waals surface area contributed by atoms with E-state index in [2.05, 4.69) is 11.9 Å². The lowest BCUT2D eigenvalue weighted by molar-refractivity contribution is 0.922. The molecule has 3 N–H and O–H groups in total. The van der Waals surface area contributed by atoms with Crippen molar-refractivity contribution in [1.29, 1.82) is 10.5 Å². The van der Waals surface area contributed by atoms with E-state index in [0.717, 1.165) is 18.4 Å². The summed E-state index contributed by atoms with van der Waals surface area (Å²) in [6, 6.07) is 11.3. The van der Waals surface area contributed by atoms with Crippen LogP contribution in [0.3, 0.4) is 0 Å². The first-order valence-corrected chi connectivity index (χ1v) is 6.57. The summed E-state index contributed by atoms with van der Waals surface area (Å²) in [5.74, 6) is -0.0193. The van der Waals surface area contributed by atoms with Crippen LogP contribution in [-0.2, 0) is 6.42 Å². The van der Waals surface area contributed by atoms with Crippen LogP contribution in [0.2, 0.25) is 0 Å². The molecule has 0 saturated heterocycles. The highest BCUT2D eigenvalue weighted by atomic mass is 16.1. The van der Waals surface area contributed by atoms with Gasteiger partial charge in [0.05, 0.1) is 0 Å². The molecule has 0 atom stereocenters. The highest BCUT2D eigenvalue weighted by Gasteiger charge is 2.17. The van der Waals surface area contributed by atoms with Gasteiger partial charge in [-0.25, -0.2) is 0 Å². The van der Waals surface area contributed by atoms with Gasteiger partial charge in [0.15, 0.2) is 0 Å². The number of anilines is 1. The van der Waals surface area contributed by atoms with Gasteiger partial charge < -0.3 is 10.7 Å². The molecule has 0 aliphatic carbocycles. The summed E-state index contributed by atoms with van der Waals surface area (Å²) in [5, 5.41) is 18.4. The highest BCUT2D eigenvalue weighted by Crippen LogP contribution is 2.28. The maximum Gasteiger partial charge on any atom is 0.268 e. The van der Waals surface area contributed by atoms with Gasteiger partial charge in [-0.3, -0.25) is 4.79 Å². The molecule has 0 radical (unpaired) electrons. The number of rotatable bonds is 3. The van der Waals surface area contributed by atoms with Gasteiger partial charge in [0.25, 0.3) is 5.56 Å². The van der Waals surface area contributed by atoms with Crippen molar-refractivity contribution in [2.24, 2.45) is 0 Å². The average molecular weight is 278 g/mol. The maximum absolute atomic E-state index is 11.8. The van der Waals surface area contributed by atoms with Crippen LogP contribution in [0.5, 0.6) is 0 Å². The zero-order chi connectivity index (χ0) is 15.4. The molecule has 0 saturated carbocycles. The number of nitrogens with zero attached hydrogens (tertiary/aromatic N) is 2. The second-order valence-corrected chi connectivity index (χ2v) is 4.66. The Morgan fingerprint density at radius 2 is 1.76 bits per heavy atom. The highest BCUT2D eigenvalue weighted by molar-refractivity contribution is 5.80. The van der Waals surface area contributed by atoms with Crippen LogP contribution in [0.4, 0.5) is 5.82 Å². The van der Waals surface area contributed by atoms with E-state index >= 15 is 0 Å². The second-order valence-electron chi connectivity index (χ2n) is 4.66. The molecule has 0 aliphatic heterocycles. The quantitative estimate of drug-likeness (QED) is 0.898. The van der Waals surface area contributed by atoms with E-state index < -0.39 is 5.56 Å². The molecule has 5 heteroatoms. The van der Waals surface area contributed by atoms with Crippen LogP contribution >= 0.6 is 0 Å². The van der Waals surface area contributed by atoms with Crippen LogP contribution in [0.25, 0.3) is 11.1 Å². The number of aromatic nitrogens is 1. The molecule has 0 bridgehead atoms. The van der Waals surface area contributed by atoms with E-state index in [4.69, 9.17) is 5.73 Å². The molecule has 2 aromatic rings. The van der Waals surface area contributed by atoms with Crippen molar-refractivity contribution >= 4 is 5.82 Å². The lowest BCUT2D eigenvalue weighted by Crippen LogP contribution is -2.16. The Bertz CT molecular complexity index is 804. The smallest absolute Gasteiger partial charge is 0.268 e. The van der Waals surface area contributed by atoms with Crippen molar-refractivity contribution in [2.45, 2.75) is 19.8 Å². The third-order valence-corrected chi connectivity index (χ3v) is 3.25. The summed E-state index contributed by atoms with van der Waals surface area (Å²) in [6.45, 7) is 2.09. The van der Waals surface area contributed by atoms with Gasteiger partial charge in [0.1, 0.15) is 29.1 Å². The van der Waals surface area contributed by atoms with Gasteiger partial charge in [0, 0.05) is 5.56 Å². The topological polar surface area (TPSA) is 106 Å². The number of nitrogen functional groups attached to an aromatic ring is 1. The zero-order valence-corrected chi connectivity index (χ0v) is 11.6. The summed E-state index contributed by atoms with van der Waals surface area (Å²) >= 11 is 0. The molecular weight excluding hydrogens is 264 g/mol. The molecule has 0 unspecified atom stereocenters. The molecule has 21 heavy (non-hydrogen) atoms. The van der Waals surface area contributed by atoms with Gasteiger partial charge in [-0.1, -0.05) is 37.6 Å². The number of aryl methyl sites for hydroxylation is 1. The normalized spacial score (nSPS) is 9.86. The predicted molar refractivity (Wildman–Crippen MR) is 80.3 cm³/mol. The number of nitrogens with two attached hydrogens (primary N) is 1. The number of hydrogen-bond donors (Lipinski definition) is 2. The van der Waals surface area contributed by atoms with Crippen LogP contribution in [0.15, 0.2) is 29.1 Å². The van der Waals surface area contributed by atoms with E-state index in [1.54, 1.807) is 12.1 Å². The summed E-state index contributed by atoms with van der Waals surface area (Å²) in [7, 11) is 0. The molecule has 0 spiro atoms. The number of hydrogen-bond acceptors (Lipinski definition) is 4. The summed E-state index contributed by atoms with van der Waals surface area (Å²) in [5.41, 5.74) is 7.23. The first kappa shape index (κ1) is 14.4. The number of benzene rings is 1. The molecule has 5 nitrogen and oxygen atoms in total. The molecule has 1 aromatic heterocycles. The van der Waals surface area contributed by atoms with Crippen molar-refractivity contribution in [2.75, 3.05) is 5.73 Å². The zero-order valence-electron chi connectivity index (χ0n) is 11.6. The van der Waals surface area contributed by atoms with E-state index in [9.17, 15) is 15.3 Å². The molecule has 0 aliphatic rings. The minimum atomic E-state index is -0.582. The van der Waals surface area contributed by atoms with Gasteiger partial charge in [-0.2, -0.15) is 10.5 Å². The molecule has 104 valence electrons. The summed E-state index contributed by atoms with van der Waals surface area (Å²) in [6.07, 6.45) is 1.98. The van der Waals surface area contributed by atoms with E-state index in [-0.39, 0.29) is 16.9 Å². The SMILES string of the molecule is CCCc1ccc(-c2c(C#N)c(N)[nH]c(=O)c2C#N)cc1. The number of nitriles is 2. The Morgan fingerprint density at radius 1 is 1.14 bits per heavy atom. The van der Waals surface area contributed by atoms with E-state index in [0.29, 0.717) is 11.1 Å².